The van der Waals surface area contributed by atoms with Gasteiger partial charge in [0.15, 0.2) is 0 Å². The molecule has 0 fully saturated rings. The van der Waals surface area contributed by atoms with E-state index in [0.717, 1.165) is 0 Å². The van der Waals surface area contributed by atoms with Crippen LogP contribution in [-0.4, -0.2) is 13.0 Å². The Kier molecular flexibility index (Phi) is 4.13. The van der Waals surface area contributed by atoms with Gasteiger partial charge < -0.3 is 0 Å². The first kappa shape index (κ1) is 8.14. The fraction of sp³-hybridized carbons (Fsp3) is 0. The molecule has 8 heteroatoms. The zero-order valence-corrected chi connectivity index (χ0v) is 5.11. The van der Waals surface area contributed by atoms with Gasteiger partial charge >= 0.3 is 22.7 Å². The highest BCUT2D eigenvalue weighted by Gasteiger charge is 2.01. The molecule has 0 saturated carbocycles. The molecule has 0 aromatic rings. The van der Waals surface area contributed by atoms with Crippen molar-refractivity contribution in [1.29, 1.82) is 0 Å². The van der Waals surface area contributed by atoms with E-state index in [1.54, 1.807) is 0 Å². The minimum absolute atomic E-state index is 2.33. The smallest absolute Gasteiger partial charge is 0.283 e. The Balaban J connectivity index is 3.40. The quantitative estimate of drug-likeness (QED) is 0.390. The second-order valence-electron chi connectivity index (χ2n) is 0.586. The van der Waals surface area contributed by atoms with Gasteiger partial charge in [-0.2, -0.15) is 18.6 Å². The van der Waals surface area contributed by atoms with Crippen LogP contribution in [0.5, 0.6) is 0 Å². The molecule has 8 heavy (non-hydrogen) atoms. The van der Waals surface area contributed by atoms with Crippen molar-refractivity contribution in [3.05, 3.63) is 0 Å². The van der Waals surface area contributed by atoms with Gasteiger partial charge in [0, 0.05) is 0 Å². The molecule has 50 valence electrons. The summed E-state index contributed by atoms with van der Waals surface area (Å²) < 4.78 is 34.1. The molecule has 0 aliphatic carbocycles. The predicted molar refractivity (Wildman–Crippen MR) is 25.3 cm³/mol. The summed E-state index contributed by atoms with van der Waals surface area (Å²) in [6.45, 7) is 0. The lowest BCUT2D eigenvalue weighted by molar-refractivity contribution is 0.321. The van der Waals surface area contributed by atoms with E-state index in [1.165, 1.54) is 0 Å². The molecule has 0 aliphatic rings. The number of hydrogen-bond donors (Lipinski definition) is 2. The molecule has 0 aliphatic heterocycles. The Hall–Kier alpha value is 0.140. The summed E-state index contributed by atoms with van der Waals surface area (Å²) in [6.07, 6.45) is 0. The number of rotatable bonds is 3. The lowest BCUT2D eigenvalue weighted by atomic mass is 13.6. The van der Waals surface area contributed by atoms with Crippen molar-refractivity contribution >= 4 is 22.7 Å². The van der Waals surface area contributed by atoms with Crippen molar-refractivity contribution in [1.82, 2.24) is 0 Å². The molecule has 0 aromatic carbocycles. The van der Waals surface area contributed by atoms with E-state index < -0.39 is 22.7 Å². The van der Waals surface area contributed by atoms with Crippen LogP contribution in [0.2, 0.25) is 0 Å². The topological polar surface area (TPSA) is 98.9 Å². The van der Waals surface area contributed by atoms with Crippen LogP contribution in [0.4, 0.5) is 0 Å². The minimum Gasteiger partial charge on any atom is -0.283 e. The molecular formula is H3NO5S2. The molecule has 0 spiro atoms. The number of nitrogens with two attached hydrogens (primary N) is 1. The summed E-state index contributed by atoms with van der Waals surface area (Å²) in [4.78, 5) is 0. The average molecular weight is 161 g/mol. The highest BCUT2D eigenvalue weighted by molar-refractivity contribution is 7.88. The Morgan fingerprint density at radius 1 is 1.50 bits per heavy atom. The molecule has 0 saturated heterocycles. The van der Waals surface area contributed by atoms with Crippen LogP contribution in [-0.2, 0) is 30.6 Å². The second-order valence-corrected chi connectivity index (χ2v) is 2.16. The maximum Gasteiger partial charge on any atom is 0.337 e. The third kappa shape index (κ3) is 4.30. The lowest BCUT2D eigenvalue weighted by Gasteiger charge is -1.89. The third-order valence-corrected chi connectivity index (χ3v) is 1.26. The lowest BCUT2D eigenvalue weighted by Crippen LogP contribution is -2.07. The van der Waals surface area contributed by atoms with Gasteiger partial charge in [-0.1, -0.05) is 0 Å². The maximum absolute atomic E-state index is 9.81. The molecular weight excluding hydrogens is 158 g/mol. The van der Waals surface area contributed by atoms with Gasteiger partial charge in [0.05, 0.1) is 0 Å². The molecule has 0 amide bonds. The fourth-order valence-corrected chi connectivity index (χ4v) is 0.572. The first-order valence-electron chi connectivity index (χ1n) is 1.25. The SMILES string of the molecule is NOS(=O)OS(=O)O. The second kappa shape index (κ2) is 4.06. The fourth-order valence-electron chi connectivity index (χ4n) is 0.0636. The van der Waals surface area contributed by atoms with Crippen molar-refractivity contribution in [2.45, 2.75) is 0 Å². The van der Waals surface area contributed by atoms with Crippen LogP contribution in [0.3, 0.4) is 0 Å². The Bertz CT molecular complexity index is 109. The summed E-state index contributed by atoms with van der Waals surface area (Å²) in [5, 5.41) is 0. The van der Waals surface area contributed by atoms with E-state index >= 15 is 0 Å². The highest BCUT2D eigenvalue weighted by Crippen LogP contribution is 1.84. The monoisotopic (exact) mass is 161 g/mol. The third-order valence-electron chi connectivity index (χ3n) is 0.192. The standard InChI is InChI=1S/H3NO5S2/c1-5-8(4)6-7(2)3/h1H2,(H,2,3). The summed E-state index contributed by atoms with van der Waals surface area (Å²) in [7, 11) is 0. The van der Waals surface area contributed by atoms with Crippen LogP contribution in [0, 0.1) is 0 Å². The van der Waals surface area contributed by atoms with Gasteiger partial charge in [-0.15, -0.1) is 3.63 Å². The molecule has 3 N–H and O–H groups in total. The molecule has 2 atom stereocenters. The van der Waals surface area contributed by atoms with Crippen molar-refractivity contribution in [2.75, 3.05) is 0 Å². The summed E-state index contributed by atoms with van der Waals surface area (Å²) in [5.74, 6) is 4.25. The molecule has 0 aromatic heterocycles. The van der Waals surface area contributed by atoms with Crippen LogP contribution in [0.25, 0.3) is 0 Å². The van der Waals surface area contributed by atoms with Crippen LogP contribution >= 0.6 is 0 Å². The van der Waals surface area contributed by atoms with Crippen molar-refractivity contribution in [3.8, 4) is 0 Å². The van der Waals surface area contributed by atoms with Gasteiger partial charge in [0.1, 0.15) is 0 Å². The van der Waals surface area contributed by atoms with Crippen LogP contribution in [0.1, 0.15) is 0 Å². The van der Waals surface area contributed by atoms with E-state index in [9.17, 15) is 8.42 Å². The normalized spacial score (nSPS) is 17.8. The Morgan fingerprint density at radius 2 is 2.00 bits per heavy atom. The largest absolute Gasteiger partial charge is 0.337 e. The number of hydrogen-bond acceptors (Lipinski definition) is 5. The van der Waals surface area contributed by atoms with Crippen molar-refractivity contribution in [2.24, 2.45) is 5.90 Å². The molecule has 0 heterocycles. The van der Waals surface area contributed by atoms with E-state index in [-0.39, 0.29) is 0 Å². The minimum atomic E-state index is -2.60. The predicted octanol–water partition coefficient (Wildman–Crippen LogP) is -1.39. The first-order valence-corrected chi connectivity index (χ1v) is 3.28. The molecule has 6 nitrogen and oxygen atoms in total. The summed E-state index contributed by atoms with van der Waals surface area (Å²) in [6, 6.07) is 0. The molecule has 0 rings (SSSR count). The van der Waals surface area contributed by atoms with E-state index in [0.29, 0.717) is 0 Å². The molecule has 2 unspecified atom stereocenters. The van der Waals surface area contributed by atoms with Gasteiger partial charge in [0.2, 0.25) is 0 Å². The van der Waals surface area contributed by atoms with Gasteiger partial charge in [0.25, 0.3) is 0 Å². The maximum atomic E-state index is 9.81. The van der Waals surface area contributed by atoms with Gasteiger partial charge in [-0.25, -0.2) is 0 Å². The van der Waals surface area contributed by atoms with Crippen LogP contribution in [0.15, 0.2) is 0 Å². The van der Waals surface area contributed by atoms with Gasteiger partial charge in [-0.3, -0.25) is 4.55 Å². The van der Waals surface area contributed by atoms with Crippen molar-refractivity contribution < 1.29 is 20.9 Å². The Labute approximate surface area is 50.3 Å². The highest BCUT2D eigenvalue weighted by atomic mass is 32.3. The van der Waals surface area contributed by atoms with E-state index in [4.69, 9.17) is 4.55 Å². The van der Waals surface area contributed by atoms with E-state index in [2.05, 4.69) is 13.8 Å². The first-order chi connectivity index (χ1) is 3.66. The summed E-state index contributed by atoms with van der Waals surface area (Å²) >= 11 is -4.93. The van der Waals surface area contributed by atoms with Crippen molar-refractivity contribution in [3.63, 3.8) is 0 Å². The molecule has 0 radical (unpaired) electrons. The molecule has 0 bridgehead atoms. The summed E-state index contributed by atoms with van der Waals surface area (Å²) in [5.41, 5.74) is 0. The van der Waals surface area contributed by atoms with Crippen LogP contribution < -0.4 is 5.90 Å². The van der Waals surface area contributed by atoms with E-state index in [1.807, 2.05) is 0 Å². The zero-order chi connectivity index (χ0) is 6.57. The average Bonchev–Trinajstić information content (AvgIpc) is 1.65. The zero-order valence-electron chi connectivity index (χ0n) is 3.47. The Morgan fingerprint density at radius 3 is 2.12 bits per heavy atom. The van der Waals surface area contributed by atoms with Gasteiger partial charge in [-0.05, 0) is 0 Å².